The van der Waals surface area contributed by atoms with Gasteiger partial charge in [0.25, 0.3) is 5.19 Å². The largest absolute Gasteiger partial charge is 0.416 e. The molecule has 1 aromatic carbocycles. The topological polar surface area (TPSA) is 66.2 Å². The summed E-state index contributed by atoms with van der Waals surface area (Å²) in [6, 6.07) is 0.992. The van der Waals surface area contributed by atoms with Gasteiger partial charge >= 0.3 is 12.6 Å². The molecule has 3 rings (SSSR count). The predicted molar refractivity (Wildman–Crippen MR) is 98.9 cm³/mol. The van der Waals surface area contributed by atoms with Crippen molar-refractivity contribution < 1.29 is 27.4 Å². The quantitative estimate of drug-likeness (QED) is 0.490. The van der Waals surface area contributed by atoms with E-state index in [4.69, 9.17) is 27.9 Å². The highest BCUT2D eigenvalue weighted by molar-refractivity contribution is 7.21. The molecule has 0 aliphatic carbocycles. The number of thiazole rings is 1. The van der Waals surface area contributed by atoms with E-state index in [0.717, 1.165) is 22.1 Å². The highest BCUT2D eigenvalue weighted by Gasteiger charge is 2.27. The molecule has 0 atom stereocenters. The van der Waals surface area contributed by atoms with Gasteiger partial charge in [0.15, 0.2) is 0 Å². The summed E-state index contributed by atoms with van der Waals surface area (Å²) in [5, 5.41) is 3.62. The molecule has 6 nitrogen and oxygen atoms in total. The summed E-state index contributed by atoms with van der Waals surface area (Å²) in [5.41, 5.74) is -0.0921. The molecule has 0 N–H and O–H groups in total. The number of halogens is 5. The Balaban J connectivity index is 2.19. The fourth-order valence-electron chi connectivity index (χ4n) is 2.32. The van der Waals surface area contributed by atoms with Gasteiger partial charge in [-0.25, -0.2) is 14.1 Å². The van der Waals surface area contributed by atoms with Crippen LogP contribution < -0.4 is 9.47 Å². The molecular formula is C16H12Cl2F3N3O3S. The maximum absolute atomic E-state index is 14.7. The van der Waals surface area contributed by atoms with Crippen molar-refractivity contribution in [3.63, 3.8) is 0 Å². The third-order valence-electron chi connectivity index (χ3n) is 3.59. The molecule has 0 amide bonds. The Labute approximate surface area is 170 Å². The predicted octanol–water partition coefficient (Wildman–Crippen LogP) is 5.31. The van der Waals surface area contributed by atoms with Gasteiger partial charge in [-0.05, 0) is 6.07 Å². The van der Waals surface area contributed by atoms with Crippen LogP contribution in [0.4, 0.5) is 13.2 Å². The van der Waals surface area contributed by atoms with E-state index in [1.165, 1.54) is 7.05 Å². The summed E-state index contributed by atoms with van der Waals surface area (Å²) in [6.45, 7) is 0.152. The number of hydrogen-bond donors (Lipinski definition) is 0. The molecule has 0 saturated carbocycles. The van der Waals surface area contributed by atoms with Gasteiger partial charge in [-0.15, -0.1) is 0 Å². The fourth-order valence-corrected chi connectivity index (χ4v) is 3.89. The zero-order chi connectivity index (χ0) is 20.7. The Morgan fingerprint density at radius 1 is 1.32 bits per heavy atom. The van der Waals surface area contributed by atoms with Crippen molar-refractivity contribution in [1.29, 1.82) is 0 Å². The van der Waals surface area contributed by atoms with E-state index in [2.05, 4.69) is 14.8 Å². The molecule has 2 aromatic heterocycles. The van der Waals surface area contributed by atoms with Crippen LogP contribution in [-0.2, 0) is 11.8 Å². The highest BCUT2D eigenvalue weighted by atomic mass is 35.5. The third-order valence-corrected chi connectivity index (χ3v) is 5.17. The van der Waals surface area contributed by atoms with E-state index in [9.17, 15) is 18.0 Å². The Morgan fingerprint density at radius 3 is 2.61 bits per heavy atom. The van der Waals surface area contributed by atoms with E-state index >= 15 is 0 Å². The van der Waals surface area contributed by atoms with Crippen molar-refractivity contribution in [1.82, 2.24) is 14.8 Å². The van der Waals surface area contributed by atoms with Crippen LogP contribution in [0.15, 0.2) is 6.07 Å². The van der Waals surface area contributed by atoms with Gasteiger partial charge in [-0.2, -0.15) is 13.9 Å². The van der Waals surface area contributed by atoms with Gasteiger partial charge in [-0.3, -0.25) is 4.79 Å². The number of carbonyl (C=O) groups excluding carboxylic acids is 1. The first kappa shape index (κ1) is 20.7. The number of carbonyl (C=O) groups is 1. The lowest BCUT2D eigenvalue weighted by Crippen LogP contribution is -2.14. The number of ether oxygens (including phenoxy) is 2. The minimum absolute atomic E-state index is 0.0181. The molecule has 0 spiro atoms. The molecule has 0 aliphatic heterocycles. The number of rotatable bonds is 5. The van der Waals surface area contributed by atoms with Crippen LogP contribution in [0.5, 0.6) is 11.1 Å². The standard InChI is InChI=1S/C16H12Cl2F3N3O3S/c1-5(2)14(25)27-16-22-10-6(17)4-7(19)8(12(10)28-16)11-9(18)13(24(3)23-11)26-15(20)21/h4-5,15H,1-3H3. The molecule has 28 heavy (non-hydrogen) atoms. The van der Waals surface area contributed by atoms with E-state index in [0.29, 0.717) is 0 Å². The van der Waals surface area contributed by atoms with Crippen LogP contribution in [-0.4, -0.2) is 27.3 Å². The maximum Gasteiger partial charge on any atom is 0.388 e. The average Bonchev–Trinajstić information content (AvgIpc) is 3.11. The van der Waals surface area contributed by atoms with Crippen LogP contribution in [0.3, 0.4) is 0 Å². The van der Waals surface area contributed by atoms with E-state index < -0.39 is 30.2 Å². The van der Waals surface area contributed by atoms with E-state index in [1.54, 1.807) is 13.8 Å². The molecular weight excluding hydrogens is 442 g/mol. The molecule has 0 radical (unpaired) electrons. The number of alkyl halides is 2. The van der Waals surface area contributed by atoms with E-state index in [-0.39, 0.29) is 36.7 Å². The molecule has 3 aromatic rings. The van der Waals surface area contributed by atoms with Gasteiger partial charge in [0, 0.05) is 7.05 Å². The zero-order valence-electron chi connectivity index (χ0n) is 14.6. The maximum atomic E-state index is 14.7. The number of aromatic nitrogens is 3. The SMILES string of the molecule is CC(C)C(=O)Oc1nc2c(Cl)cc(F)c(-c3nn(C)c(OC(F)F)c3Cl)c2s1. The summed E-state index contributed by atoms with van der Waals surface area (Å²) in [6.07, 6.45) is 0. The Morgan fingerprint density at radius 2 is 2.00 bits per heavy atom. The summed E-state index contributed by atoms with van der Waals surface area (Å²) in [5.74, 6) is -2.16. The Kier molecular flexibility index (Phi) is 5.74. The second-order valence-corrected chi connectivity index (χ2v) is 7.67. The number of esters is 1. The van der Waals surface area contributed by atoms with Crippen molar-refractivity contribution in [3.05, 3.63) is 21.9 Å². The third kappa shape index (κ3) is 3.76. The van der Waals surface area contributed by atoms with Crippen molar-refractivity contribution in [2.45, 2.75) is 20.5 Å². The van der Waals surface area contributed by atoms with Gasteiger partial charge < -0.3 is 9.47 Å². The molecule has 150 valence electrons. The van der Waals surface area contributed by atoms with Gasteiger partial charge in [-0.1, -0.05) is 48.4 Å². The van der Waals surface area contributed by atoms with Gasteiger partial charge in [0.2, 0.25) is 5.88 Å². The first-order valence-corrected chi connectivity index (χ1v) is 9.35. The van der Waals surface area contributed by atoms with Crippen molar-refractivity contribution in [2.75, 3.05) is 0 Å². The van der Waals surface area contributed by atoms with E-state index in [1.807, 2.05) is 0 Å². The first-order valence-electron chi connectivity index (χ1n) is 7.78. The van der Waals surface area contributed by atoms with Crippen molar-refractivity contribution in [2.24, 2.45) is 13.0 Å². The summed E-state index contributed by atoms with van der Waals surface area (Å²) in [4.78, 5) is 15.9. The highest BCUT2D eigenvalue weighted by Crippen LogP contribution is 2.44. The van der Waals surface area contributed by atoms with Crippen molar-refractivity contribution >= 4 is 50.7 Å². The first-order chi connectivity index (χ1) is 13.1. The smallest absolute Gasteiger partial charge is 0.388 e. The number of fused-ring (bicyclic) bond motifs is 1. The molecule has 2 heterocycles. The normalized spacial score (nSPS) is 11.6. The van der Waals surface area contributed by atoms with Crippen LogP contribution in [0.2, 0.25) is 10.0 Å². The molecule has 0 bridgehead atoms. The molecule has 12 heteroatoms. The molecule has 0 aliphatic rings. The second kappa shape index (κ2) is 7.76. The minimum Gasteiger partial charge on any atom is -0.416 e. The monoisotopic (exact) mass is 453 g/mol. The summed E-state index contributed by atoms with van der Waals surface area (Å²) < 4.78 is 50.6. The minimum atomic E-state index is -3.14. The molecule has 0 fully saturated rings. The van der Waals surface area contributed by atoms with Crippen LogP contribution >= 0.6 is 34.5 Å². The zero-order valence-corrected chi connectivity index (χ0v) is 16.9. The van der Waals surface area contributed by atoms with Gasteiger partial charge in [0.05, 0.1) is 21.2 Å². The Bertz CT molecular complexity index is 1070. The lowest BCUT2D eigenvalue weighted by atomic mass is 10.1. The van der Waals surface area contributed by atoms with Crippen molar-refractivity contribution in [3.8, 4) is 22.3 Å². The lowest BCUT2D eigenvalue weighted by Gasteiger charge is -2.04. The second-order valence-electron chi connectivity index (χ2n) is 5.92. The summed E-state index contributed by atoms with van der Waals surface area (Å²) in [7, 11) is 1.32. The lowest BCUT2D eigenvalue weighted by molar-refractivity contribution is -0.137. The number of nitrogens with zero attached hydrogens (tertiary/aromatic N) is 3. The fraction of sp³-hybridized carbons (Fsp3) is 0.312. The van der Waals surface area contributed by atoms with Crippen LogP contribution in [0.1, 0.15) is 13.8 Å². The summed E-state index contributed by atoms with van der Waals surface area (Å²) >= 11 is 13.0. The number of benzene rings is 1. The number of aryl methyl sites for hydroxylation is 1. The molecule has 0 saturated heterocycles. The van der Waals surface area contributed by atoms with Gasteiger partial charge in [0.1, 0.15) is 22.1 Å². The van der Waals surface area contributed by atoms with Crippen LogP contribution in [0, 0.1) is 11.7 Å². The Hall–Kier alpha value is -2.04. The van der Waals surface area contributed by atoms with Crippen LogP contribution in [0.25, 0.3) is 21.5 Å². The average molecular weight is 454 g/mol. The molecule has 0 unspecified atom stereocenters. The number of hydrogen-bond acceptors (Lipinski definition) is 6.